The Morgan fingerprint density at radius 3 is 2.63 bits per heavy atom. The van der Waals surface area contributed by atoms with Gasteiger partial charge in [-0.25, -0.2) is 15.0 Å². The van der Waals surface area contributed by atoms with Crippen LogP contribution in [0, 0.1) is 0 Å². The van der Waals surface area contributed by atoms with Crippen molar-refractivity contribution in [3.63, 3.8) is 0 Å². The first kappa shape index (κ1) is 20.9. The van der Waals surface area contributed by atoms with Crippen LogP contribution in [-0.2, 0) is 11.3 Å². The van der Waals surface area contributed by atoms with Crippen molar-refractivity contribution in [3.05, 3.63) is 53.7 Å². The highest BCUT2D eigenvalue weighted by molar-refractivity contribution is 7.13. The van der Waals surface area contributed by atoms with Gasteiger partial charge in [0, 0.05) is 70.8 Å². The van der Waals surface area contributed by atoms with Crippen LogP contribution in [0.2, 0.25) is 0 Å². The van der Waals surface area contributed by atoms with Gasteiger partial charge in [0.15, 0.2) is 0 Å². The molecule has 0 atom stereocenters. The monoisotopic (exact) mass is 424 g/mol. The molecule has 3 aromatic heterocycles. The molecule has 0 aromatic carbocycles. The Morgan fingerprint density at radius 2 is 1.90 bits per heavy atom. The predicted octanol–water partition coefficient (Wildman–Crippen LogP) is 3.50. The van der Waals surface area contributed by atoms with Crippen LogP contribution in [0.15, 0.2) is 48.1 Å². The van der Waals surface area contributed by atoms with E-state index in [4.69, 9.17) is 4.74 Å². The lowest BCUT2D eigenvalue weighted by atomic mass is 10.2. The average Bonchev–Trinajstić information content (AvgIpc) is 3.32. The first-order valence-corrected chi connectivity index (χ1v) is 11.2. The Bertz CT molecular complexity index is 894. The zero-order chi connectivity index (χ0) is 20.6. The molecule has 1 aliphatic heterocycles. The standard InChI is InChI=1S/C22H28N6OS/c1-29-14-3-9-27-10-12-28(13-11-27)17-18-6-7-20(24-16-18)26-21-5-2-4-19(25-21)22-23-8-15-30-22/h2,4-8,15-16H,3,9-14,17H2,1H3,(H,24,25,26). The Hall–Kier alpha value is -2.39. The summed E-state index contributed by atoms with van der Waals surface area (Å²) < 4.78 is 5.15. The molecular formula is C22H28N6OS. The van der Waals surface area contributed by atoms with Gasteiger partial charge < -0.3 is 15.0 Å². The number of nitrogens with one attached hydrogen (secondary N) is 1. The summed E-state index contributed by atoms with van der Waals surface area (Å²) in [5.74, 6) is 1.57. The molecule has 1 N–H and O–H groups in total. The van der Waals surface area contributed by atoms with Crippen molar-refractivity contribution in [2.45, 2.75) is 13.0 Å². The molecule has 0 unspecified atom stereocenters. The third kappa shape index (κ3) is 5.82. The van der Waals surface area contributed by atoms with Gasteiger partial charge in [-0.3, -0.25) is 4.90 Å². The van der Waals surface area contributed by atoms with E-state index < -0.39 is 0 Å². The summed E-state index contributed by atoms with van der Waals surface area (Å²) >= 11 is 1.58. The topological polar surface area (TPSA) is 66.4 Å². The van der Waals surface area contributed by atoms with Crippen LogP contribution in [-0.4, -0.2) is 71.2 Å². The fraction of sp³-hybridized carbons (Fsp3) is 0.409. The molecule has 1 saturated heterocycles. The van der Waals surface area contributed by atoms with Gasteiger partial charge in [0.2, 0.25) is 0 Å². The number of piperazine rings is 1. The van der Waals surface area contributed by atoms with E-state index in [9.17, 15) is 0 Å². The molecule has 3 aromatic rings. The number of methoxy groups -OCH3 is 1. The van der Waals surface area contributed by atoms with Gasteiger partial charge >= 0.3 is 0 Å². The van der Waals surface area contributed by atoms with E-state index in [2.05, 4.69) is 36.1 Å². The average molecular weight is 425 g/mol. The minimum Gasteiger partial charge on any atom is -0.385 e. The number of aromatic nitrogens is 3. The van der Waals surface area contributed by atoms with Crippen molar-refractivity contribution in [1.29, 1.82) is 0 Å². The van der Waals surface area contributed by atoms with Crippen LogP contribution < -0.4 is 5.32 Å². The summed E-state index contributed by atoms with van der Waals surface area (Å²) in [5.41, 5.74) is 2.10. The maximum absolute atomic E-state index is 5.15. The van der Waals surface area contributed by atoms with Gasteiger partial charge in [-0.1, -0.05) is 12.1 Å². The molecule has 0 aliphatic carbocycles. The fourth-order valence-corrected chi connectivity index (χ4v) is 4.17. The van der Waals surface area contributed by atoms with Crippen LogP contribution in [0.25, 0.3) is 10.7 Å². The second-order valence-electron chi connectivity index (χ2n) is 7.39. The van der Waals surface area contributed by atoms with Crippen molar-refractivity contribution >= 4 is 23.0 Å². The molecule has 0 radical (unpaired) electrons. The summed E-state index contributed by atoms with van der Waals surface area (Å²) in [6.45, 7) is 7.35. The number of hydrogen-bond donors (Lipinski definition) is 1. The SMILES string of the molecule is COCCCN1CCN(Cc2ccc(Nc3cccc(-c4nccs4)n3)nc2)CC1. The zero-order valence-corrected chi connectivity index (χ0v) is 18.1. The second-order valence-corrected chi connectivity index (χ2v) is 8.28. The highest BCUT2D eigenvalue weighted by Gasteiger charge is 2.16. The number of rotatable bonds is 9. The van der Waals surface area contributed by atoms with E-state index in [1.165, 1.54) is 5.56 Å². The largest absolute Gasteiger partial charge is 0.385 e. The first-order valence-electron chi connectivity index (χ1n) is 10.3. The van der Waals surface area contributed by atoms with E-state index in [1.54, 1.807) is 24.6 Å². The van der Waals surface area contributed by atoms with Crippen molar-refractivity contribution in [3.8, 4) is 10.7 Å². The molecule has 0 saturated carbocycles. The molecule has 30 heavy (non-hydrogen) atoms. The first-order chi connectivity index (χ1) is 14.8. The smallest absolute Gasteiger partial charge is 0.141 e. The molecule has 7 nitrogen and oxygen atoms in total. The molecule has 158 valence electrons. The molecule has 0 bridgehead atoms. The van der Waals surface area contributed by atoms with Crippen LogP contribution in [0.5, 0.6) is 0 Å². The lowest BCUT2D eigenvalue weighted by Gasteiger charge is -2.34. The third-order valence-corrected chi connectivity index (χ3v) is 5.97. The summed E-state index contributed by atoms with van der Waals surface area (Å²) in [6, 6.07) is 10.1. The van der Waals surface area contributed by atoms with Crippen LogP contribution in [0.3, 0.4) is 0 Å². The van der Waals surface area contributed by atoms with Crippen LogP contribution in [0.1, 0.15) is 12.0 Å². The van der Waals surface area contributed by atoms with Crippen molar-refractivity contribution in [2.75, 3.05) is 51.8 Å². The Kier molecular flexibility index (Phi) is 7.36. The summed E-state index contributed by atoms with van der Waals surface area (Å²) in [7, 11) is 1.77. The van der Waals surface area contributed by atoms with Gasteiger partial charge in [0.05, 0.1) is 0 Å². The summed E-state index contributed by atoms with van der Waals surface area (Å²) in [6.07, 6.45) is 4.86. The number of thiazole rings is 1. The number of anilines is 2. The lowest BCUT2D eigenvalue weighted by molar-refractivity contribution is 0.113. The van der Waals surface area contributed by atoms with Crippen LogP contribution >= 0.6 is 11.3 Å². The van der Waals surface area contributed by atoms with E-state index in [1.807, 2.05) is 35.8 Å². The van der Waals surface area contributed by atoms with E-state index in [0.29, 0.717) is 0 Å². The normalized spacial score (nSPS) is 15.4. The zero-order valence-electron chi connectivity index (χ0n) is 17.3. The molecular weight excluding hydrogens is 396 g/mol. The van der Waals surface area contributed by atoms with Gasteiger partial charge in [-0.2, -0.15) is 0 Å². The molecule has 4 heterocycles. The predicted molar refractivity (Wildman–Crippen MR) is 121 cm³/mol. The van der Waals surface area contributed by atoms with Gasteiger partial charge in [-0.15, -0.1) is 11.3 Å². The highest BCUT2D eigenvalue weighted by atomic mass is 32.1. The molecule has 1 fully saturated rings. The molecule has 4 rings (SSSR count). The third-order valence-electron chi connectivity index (χ3n) is 5.18. The Balaban J connectivity index is 1.27. The Labute approximate surface area is 181 Å². The summed E-state index contributed by atoms with van der Waals surface area (Å²) in [4.78, 5) is 18.6. The molecule has 0 amide bonds. The van der Waals surface area contributed by atoms with E-state index in [0.717, 1.165) is 74.6 Å². The molecule has 0 spiro atoms. The Morgan fingerprint density at radius 1 is 1.03 bits per heavy atom. The molecule has 1 aliphatic rings. The maximum atomic E-state index is 5.15. The summed E-state index contributed by atoms with van der Waals surface area (Å²) in [5, 5.41) is 6.17. The number of hydrogen-bond acceptors (Lipinski definition) is 8. The van der Waals surface area contributed by atoms with Crippen LogP contribution in [0.4, 0.5) is 11.6 Å². The second kappa shape index (κ2) is 10.6. The van der Waals surface area contributed by atoms with Crippen molar-refractivity contribution in [1.82, 2.24) is 24.8 Å². The minimum atomic E-state index is 0.771. The van der Waals surface area contributed by atoms with Crippen molar-refractivity contribution in [2.24, 2.45) is 0 Å². The van der Waals surface area contributed by atoms with E-state index in [-0.39, 0.29) is 0 Å². The maximum Gasteiger partial charge on any atom is 0.141 e. The van der Waals surface area contributed by atoms with E-state index >= 15 is 0 Å². The number of ether oxygens (including phenoxy) is 1. The minimum absolute atomic E-state index is 0.771. The van der Waals surface area contributed by atoms with Crippen molar-refractivity contribution < 1.29 is 4.74 Å². The number of pyridine rings is 2. The van der Waals surface area contributed by atoms with Gasteiger partial charge in [-0.05, 0) is 30.2 Å². The lowest BCUT2D eigenvalue weighted by Crippen LogP contribution is -2.46. The quantitative estimate of drug-likeness (QED) is 0.527. The van der Waals surface area contributed by atoms with Gasteiger partial charge in [0.1, 0.15) is 22.3 Å². The number of nitrogens with zero attached hydrogens (tertiary/aromatic N) is 5. The van der Waals surface area contributed by atoms with Gasteiger partial charge in [0.25, 0.3) is 0 Å². The molecule has 8 heteroatoms. The highest BCUT2D eigenvalue weighted by Crippen LogP contribution is 2.22. The fourth-order valence-electron chi connectivity index (χ4n) is 3.56.